The van der Waals surface area contributed by atoms with Crippen LogP contribution in [0.15, 0.2) is 18.2 Å². The van der Waals surface area contributed by atoms with E-state index in [2.05, 4.69) is 6.07 Å². The van der Waals surface area contributed by atoms with Gasteiger partial charge in [-0.1, -0.05) is 24.6 Å². The third kappa shape index (κ3) is 3.34. The summed E-state index contributed by atoms with van der Waals surface area (Å²) < 4.78 is 13.8. The van der Waals surface area contributed by atoms with Gasteiger partial charge in [0.2, 0.25) is 0 Å². The summed E-state index contributed by atoms with van der Waals surface area (Å²) in [5.74, 6) is -0.985. The molecule has 1 aromatic rings. The Bertz CT molecular complexity index is 544. The Morgan fingerprint density at radius 2 is 2.10 bits per heavy atom. The molecular formula is C15H17ClFN3O. The first kappa shape index (κ1) is 15.7. The molecule has 1 aromatic carbocycles. The third-order valence-electron chi connectivity index (χ3n) is 3.75. The highest BCUT2D eigenvalue weighted by Gasteiger charge is 2.28. The Morgan fingerprint density at radius 1 is 1.43 bits per heavy atom. The Balaban J connectivity index is 2.06. The van der Waals surface area contributed by atoms with Crippen LogP contribution < -0.4 is 0 Å². The maximum Gasteiger partial charge on any atom is 0.258 e. The predicted octanol–water partition coefficient (Wildman–Crippen LogP) is 2.54. The topological polar surface area (TPSA) is 47.3 Å². The Hall–Kier alpha value is -1.64. The molecule has 1 heterocycles. The zero-order valence-electron chi connectivity index (χ0n) is 11.9. The highest BCUT2D eigenvalue weighted by Crippen LogP contribution is 2.21. The van der Waals surface area contributed by atoms with Crippen LogP contribution in [0.25, 0.3) is 0 Å². The summed E-state index contributed by atoms with van der Waals surface area (Å²) in [4.78, 5) is 16.0. The number of hydrogen-bond donors (Lipinski definition) is 0. The highest BCUT2D eigenvalue weighted by atomic mass is 35.5. The van der Waals surface area contributed by atoms with Gasteiger partial charge in [0.1, 0.15) is 5.82 Å². The fourth-order valence-electron chi connectivity index (χ4n) is 2.53. The number of hydrogen-bond acceptors (Lipinski definition) is 3. The maximum absolute atomic E-state index is 13.8. The van der Waals surface area contributed by atoms with Crippen LogP contribution in [-0.4, -0.2) is 47.9 Å². The molecular weight excluding hydrogens is 293 g/mol. The van der Waals surface area contributed by atoms with Crippen molar-refractivity contribution in [3.05, 3.63) is 34.6 Å². The number of piperazine rings is 1. The Morgan fingerprint density at radius 3 is 2.62 bits per heavy atom. The van der Waals surface area contributed by atoms with Gasteiger partial charge in [-0.3, -0.25) is 9.69 Å². The summed E-state index contributed by atoms with van der Waals surface area (Å²) in [6, 6.07) is 6.35. The Kier molecular flexibility index (Phi) is 5.16. The lowest BCUT2D eigenvalue weighted by atomic mass is 10.1. The van der Waals surface area contributed by atoms with Crippen LogP contribution in [0.1, 0.15) is 23.7 Å². The lowest BCUT2D eigenvalue weighted by Gasteiger charge is -2.36. The zero-order chi connectivity index (χ0) is 15.4. The minimum absolute atomic E-state index is 0.0695. The molecule has 0 spiro atoms. The van der Waals surface area contributed by atoms with Gasteiger partial charge in [0.05, 0.1) is 22.7 Å². The number of halogens is 2. The first-order valence-corrected chi connectivity index (χ1v) is 7.33. The average Bonchev–Trinajstić information content (AvgIpc) is 2.49. The van der Waals surface area contributed by atoms with Crippen LogP contribution in [0.2, 0.25) is 5.02 Å². The lowest BCUT2D eigenvalue weighted by Crippen LogP contribution is -2.51. The molecule has 0 N–H and O–H groups in total. The molecule has 112 valence electrons. The number of carbonyl (C=O) groups excluding carboxylic acids is 1. The second-order valence-corrected chi connectivity index (χ2v) is 5.39. The molecule has 0 bridgehead atoms. The Labute approximate surface area is 128 Å². The monoisotopic (exact) mass is 309 g/mol. The summed E-state index contributed by atoms with van der Waals surface area (Å²) in [6.07, 6.45) is 0.754. The molecule has 0 aliphatic carbocycles. The van der Waals surface area contributed by atoms with Crippen LogP contribution in [-0.2, 0) is 0 Å². The summed E-state index contributed by atoms with van der Waals surface area (Å²) in [6.45, 7) is 4.14. The fraction of sp³-hybridized carbons (Fsp3) is 0.467. The van der Waals surface area contributed by atoms with E-state index in [1.807, 2.05) is 11.8 Å². The number of nitrogens with zero attached hydrogens (tertiary/aromatic N) is 3. The van der Waals surface area contributed by atoms with Gasteiger partial charge in [0, 0.05) is 26.2 Å². The summed E-state index contributed by atoms with van der Waals surface area (Å²) in [7, 11) is 0. The molecule has 0 radical (unpaired) electrons. The average molecular weight is 310 g/mol. The molecule has 1 aliphatic rings. The normalized spacial score (nSPS) is 17.3. The molecule has 0 saturated carbocycles. The quantitative estimate of drug-likeness (QED) is 0.862. The van der Waals surface area contributed by atoms with Gasteiger partial charge in [-0.05, 0) is 18.6 Å². The van der Waals surface area contributed by atoms with Gasteiger partial charge in [-0.15, -0.1) is 0 Å². The minimum atomic E-state index is -0.599. The van der Waals surface area contributed by atoms with Gasteiger partial charge < -0.3 is 4.90 Å². The second kappa shape index (κ2) is 6.88. The van der Waals surface area contributed by atoms with E-state index in [-0.39, 0.29) is 22.5 Å². The van der Waals surface area contributed by atoms with E-state index >= 15 is 0 Å². The SMILES string of the molecule is CCC(C#N)N1CCN(C(=O)c2c(F)cccc2Cl)CC1. The molecule has 1 saturated heterocycles. The second-order valence-electron chi connectivity index (χ2n) is 4.98. The summed E-state index contributed by atoms with van der Waals surface area (Å²) in [5.41, 5.74) is -0.0695. The molecule has 1 amide bonds. The van der Waals surface area contributed by atoms with E-state index in [0.29, 0.717) is 26.2 Å². The molecule has 1 fully saturated rings. The number of nitriles is 1. The fourth-order valence-corrected chi connectivity index (χ4v) is 2.77. The van der Waals surface area contributed by atoms with Crippen molar-refractivity contribution in [3.63, 3.8) is 0 Å². The molecule has 1 unspecified atom stereocenters. The van der Waals surface area contributed by atoms with Crippen LogP contribution in [0.3, 0.4) is 0 Å². The van der Waals surface area contributed by atoms with Crippen molar-refractivity contribution < 1.29 is 9.18 Å². The van der Waals surface area contributed by atoms with Gasteiger partial charge in [0.15, 0.2) is 0 Å². The summed E-state index contributed by atoms with van der Waals surface area (Å²) in [5, 5.41) is 9.20. The van der Waals surface area contributed by atoms with Crippen LogP contribution in [0.5, 0.6) is 0 Å². The van der Waals surface area contributed by atoms with Gasteiger partial charge in [0.25, 0.3) is 5.91 Å². The standard InChI is InChI=1S/C15H17ClFN3O/c1-2-11(10-18)19-6-8-20(9-7-19)15(21)14-12(16)4-3-5-13(14)17/h3-5,11H,2,6-9H2,1H3. The minimum Gasteiger partial charge on any atom is -0.336 e. The third-order valence-corrected chi connectivity index (χ3v) is 4.07. The van der Waals surface area contributed by atoms with Gasteiger partial charge in [-0.2, -0.15) is 5.26 Å². The van der Waals surface area contributed by atoms with Crippen molar-refractivity contribution in [2.45, 2.75) is 19.4 Å². The van der Waals surface area contributed by atoms with Crippen molar-refractivity contribution in [1.82, 2.24) is 9.80 Å². The molecule has 6 heteroatoms. The predicted molar refractivity (Wildman–Crippen MR) is 78.6 cm³/mol. The maximum atomic E-state index is 13.8. The molecule has 2 rings (SSSR count). The zero-order valence-corrected chi connectivity index (χ0v) is 12.6. The van der Waals surface area contributed by atoms with Gasteiger partial charge >= 0.3 is 0 Å². The first-order chi connectivity index (χ1) is 10.1. The van der Waals surface area contributed by atoms with Crippen LogP contribution in [0.4, 0.5) is 4.39 Å². The number of amides is 1. The van der Waals surface area contributed by atoms with Crippen molar-refractivity contribution in [3.8, 4) is 6.07 Å². The highest BCUT2D eigenvalue weighted by molar-refractivity contribution is 6.33. The van der Waals surface area contributed by atoms with E-state index in [4.69, 9.17) is 16.9 Å². The molecule has 1 aliphatic heterocycles. The van der Waals surface area contributed by atoms with E-state index in [1.54, 1.807) is 4.90 Å². The van der Waals surface area contributed by atoms with E-state index in [9.17, 15) is 9.18 Å². The van der Waals surface area contributed by atoms with Crippen molar-refractivity contribution >= 4 is 17.5 Å². The van der Waals surface area contributed by atoms with E-state index < -0.39 is 5.82 Å². The first-order valence-electron chi connectivity index (χ1n) is 6.95. The number of carbonyl (C=O) groups is 1. The number of benzene rings is 1. The van der Waals surface area contributed by atoms with Crippen LogP contribution >= 0.6 is 11.6 Å². The van der Waals surface area contributed by atoms with Crippen molar-refractivity contribution in [2.75, 3.05) is 26.2 Å². The number of rotatable bonds is 3. The molecule has 0 aromatic heterocycles. The molecule has 21 heavy (non-hydrogen) atoms. The largest absolute Gasteiger partial charge is 0.336 e. The van der Waals surface area contributed by atoms with Gasteiger partial charge in [-0.25, -0.2) is 4.39 Å². The molecule has 1 atom stereocenters. The summed E-state index contributed by atoms with van der Waals surface area (Å²) >= 11 is 5.93. The van der Waals surface area contributed by atoms with Crippen molar-refractivity contribution in [1.29, 1.82) is 5.26 Å². The van der Waals surface area contributed by atoms with E-state index in [1.165, 1.54) is 18.2 Å². The van der Waals surface area contributed by atoms with Crippen LogP contribution in [0, 0.1) is 17.1 Å². The lowest BCUT2D eigenvalue weighted by molar-refractivity contribution is 0.0600. The smallest absolute Gasteiger partial charge is 0.258 e. The van der Waals surface area contributed by atoms with Crippen molar-refractivity contribution in [2.24, 2.45) is 0 Å². The van der Waals surface area contributed by atoms with E-state index in [0.717, 1.165) is 6.42 Å². The molecule has 4 nitrogen and oxygen atoms in total.